The normalized spacial score (nSPS) is 15.1. The van der Waals surface area contributed by atoms with E-state index in [1.54, 1.807) is 0 Å². The number of carbonyl (C=O) groups is 1. The van der Waals surface area contributed by atoms with Gasteiger partial charge in [0.25, 0.3) is 0 Å². The average Bonchev–Trinajstić information content (AvgIpc) is 2.16. The Morgan fingerprint density at radius 1 is 0.824 bits per heavy atom. The summed E-state index contributed by atoms with van der Waals surface area (Å²) < 4.78 is 6.40. The Morgan fingerprint density at radius 3 is 1.35 bits per heavy atom. The molecule has 0 aromatic rings. The van der Waals surface area contributed by atoms with Crippen molar-refractivity contribution in [3.8, 4) is 0 Å². The lowest BCUT2D eigenvalue weighted by Gasteiger charge is -2.44. The fourth-order valence-electron chi connectivity index (χ4n) is 2.96. The highest BCUT2D eigenvalue weighted by atomic mass is 28.4. The van der Waals surface area contributed by atoms with Gasteiger partial charge in [-0.2, -0.15) is 0 Å². The molecule has 0 radical (unpaired) electrons. The van der Waals surface area contributed by atoms with Crippen LogP contribution in [0.2, 0.25) is 16.6 Å². The van der Waals surface area contributed by atoms with Gasteiger partial charge in [0, 0.05) is 0 Å². The zero-order valence-corrected chi connectivity index (χ0v) is 13.8. The summed E-state index contributed by atoms with van der Waals surface area (Å²) in [6.07, 6.45) is 0.744. The molecule has 0 fully saturated rings. The summed E-state index contributed by atoms with van der Waals surface area (Å²) in [6.45, 7) is 17.6. The predicted octanol–water partition coefficient (Wildman–Crippen LogP) is 4.40. The zero-order chi connectivity index (χ0) is 13.8. The van der Waals surface area contributed by atoms with Gasteiger partial charge in [0.2, 0.25) is 8.32 Å². The summed E-state index contributed by atoms with van der Waals surface area (Å²) in [5.74, 6) is 0.260. The largest absolute Gasteiger partial charge is 0.406 e. The smallest absolute Gasteiger partial charge is 0.201 e. The molecular formula is C14H30O2Si. The van der Waals surface area contributed by atoms with Crippen LogP contribution < -0.4 is 0 Å². The molecule has 3 heteroatoms. The van der Waals surface area contributed by atoms with Gasteiger partial charge < -0.3 is 9.22 Å². The fourth-order valence-corrected chi connectivity index (χ4v) is 8.58. The molecule has 0 aliphatic heterocycles. The van der Waals surface area contributed by atoms with Gasteiger partial charge in [-0.15, -0.1) is 0 Å². The van der Waals surface area contributed by atoms with Gasteiger partial charge in [-0.3, -0.25) is 0 Å². The van der Waals surface area contributed by atoms with Crippen LogP contribution >= 0.6 is 0 Å². The van der Waals surface area contributed by atoms with Gasteiger partial charge in [-0.1, -0.05) is 55.4 Å². The minimum Gasteiger partial charge on any atom is -0.406 e. The molecule has 0 unspecified atom stereocenters. The molecular weight excluding hydrogens is 228 g/mol. The van der Waals surface area contributed by atoms with E-state index >= 15 is 0 Å². The summed E-state index contributed by atoms with van der Waals surface area (Å²) in [7, 11) is -1.91. The van der Waals surface area contributed by atoms with Crippen molar-refractivity contribution < 1.29 is 9.22 Å². The lowest BCUT2D eigenvalue weighted by Crippen LogP contribution is -2.51. The predicted molar refractivity (Wildman–Crippen MR) is 76.8 cm³/mol. The number of rotatable bonds is 7. The summed E-state index contributed by atoms with van der Waals surface area (Å²) in [4.78, 5) is 11.2. The highest BCUT2D eigenvalue weighted by molar-refractivity contribution is 6.77. The standard InChI is InChI=1S/C14H30O2Si/c1-10(2)14(9-15)16-17(11(3)4,12(5)6)13(7)8/h9-14H,1-8H3/t14-/m1/s1. The van der Waals surface area contributed by atoms with Crippen molar-refractivity contribution in [3.05, 3.63) is 0 Å². The van der Waals surface area contributed by atoms with Crippen molar-refractivity contribution in [2.24, 2.45) is 5.92 Å². The molecule has 0 rings (SSSR count). The molecule has 0 heterocycles. The molecule has 102 valence electrons. The molecule has 0 spiro atoms. The second-order valence-electron chi connectivity index (χ2n) is 6.28. The molecule has 0 aliphatic rings. The maximum Gasteiger partial charge on any atom is 0.201 e. The van der Waals surface area contributed by atoms with Crippen LogP contribution in [0.5, 0.6) is 0 Å². The third-order valence-corrected chi connectivity index (χ3v) is 9.93. The van der Waals surface area contributed by atoms with E-state index in [9.17, 15) is 4.79 Å². The summed E-state index contributed by atoms with van der Waals surface area (Å²) in [6, 6.07) is 0. The molecule has 1 atom stereocenters. The molecule has 0 amide bonds. The third kappa shape index (κ3) is 3.65. The Balaban J connectivity index is 5.24. The first-order valence-electron chi connectivity index (χ1n) is 6.83. The molecule has 0 aromatic carbocycles. The molecule has 2 nitrogen and oxygen atoms in total. The first kappa shape index (κ1) is 16.8. The molecule has 0 aromatic heterocycles. The SMILES string of the molecule is CC(C)[C@@H](C=O)O[Si](C(C)C)(C(C)C)C(C)C. The van der Waals surface area contributed by atoms with E-state index in [1.165, 1.54) is 0 Å². The van der Waals surface area contributed by atoms with E-state index in [2.05, 4.69) is 55.4 Å². The molecule has 17 heavy (non-hydrogen) atoms. The number of aldehydes is 1. The van der Waals surface area contributed by atoms with Crippen LogP contribution in [0.4, 0.5) is 0 Å². The number of hydrogen-bond donors (Lipinski definition) is 0. The third-order valence-electron chi connectivity index (χ3n) is 3.84. The topological polar surface area (TPSA) is 26.3 Å². The van der Waals surface area contributed by atoms with Gasteiger partial charge in [-0.05, 0) is 22.5 Å². The number of carbonyl (C=O) groups excluding carboxylic acids is 1. The van der Waals surface area contributed by atoms with Crippen LogP contribution in [0.3, 0.4) is 0 Å². The first-order valence-corrected chi connectivity index (χ1v) is 8.97. The van der Waals surface area contributed by atoms with Crippen molar-refractivity contribution >= 4 is 14.6 Å². The van der Waals surface area contributed by atoms with Crippen LogP contribution in [0.25, 0.3) is 0 Å². The van der Waals surface area contributed by atoms with Crippen molar-refractivity contribution in [3.63, 3.8) is 0 Å². The van der Waals surface area contributed by atoms with Crippen molar-refractivity contribution in [2.75, 3.05) is 0 Å². The monoisotopic (exact) mass is 258 g/mol. The lowest BCUT2D eigenvalue weighted by molar-refractivity contribution is -0.115. The Kier molecular flexibility index (Phi) is 6.63. The van der Waals surface area contributed by atoms with Gasteiger partial charge in [0.05, 0.1) is 0 Å². The second kappa shape index (κ2) is 6.69. The van der Waals surface area contributed by atoms with Crippen molar-refractivity contribution in [1.29, 1.82) is 0 Å². The first-order chi connectivity index (χ1) is 7.70. The molecule has 0 saturated heterocycles. The van der Waals surface area contributed by atoms with Gasteiger partial charge in [0.1, 0.15) is 12.4 Å². The van der Waals surface area contributed by atoms with E-state index in [0.29, 0.717) is 16.6 Å². The van der Waals surface area contributed by atoms with Crippen molar-refractivity contribution in [1.82, 2.24) is 0 Å². The van der Waals surface area contributed by atoms with Crippen LogP contribution in [0.15, 0.2) is 0 Å². The van der Waals surface area contributed by atoms with Crippen LogP contribution in [-0.2, 0) is 9.22 Å². The lowest BCUT2D eigenvalue weighted by atomic mass is 10.1. The maximum absolute atomic E-state index is 11.2. The van der Waals surface area contributed by atoms with Crippen LogP contribution in [0, 0.1) is 5.92 Å². The van der Waals surface area contributed by atoms with Crippen LogP contribution in [-0.4, -0.2) is 20.7 Å². The minimum atomic E-state index is -1.91. The van der Waals surface area contributed by atoms with E-state index < -0.39 is 8.32 Å². The quantitative estimate of drug-likeness (QED) is 0.500. The summed E-state index contributed by atoms with van der Waals surface area (Å²) in [5.41, 5.74) is 1.59. The Labute approximate surface area is 108 Å². The molecule has 0 saturated carbocycles. The van der Waals surface area contributed by atoms with Crippen LogP contribution in [0.1, 0.15) is 55.4 Å². The minimum absolute atomic E-state index is 0.242. The highest BCUT2D eigenvalue weighted by Crippen LogP contribution is 2.43. The molecule has 0 N–H and O–H groups in total. The average molecular weight is 258 g/mol. The highest BCUT2D eigenvalue weighted by Gasteiger charge is 2.46. The maximum atomic E-state index is 11.2. The molecule has 0 bridgehead atoms. The Bertz CT molecular complexity index is 213. The van der Waals surface area contributed by atoms with Gasteiger partial charge in [-0.25, -0.2) is 0 Å². The van der Waals surface area contributed by atoms with E-state index in [0.717, 1.165) is 6.29 Å². The Hall–Kier alpha value is -0.153. The fraction of sp³-hybridized carbons (Fsp3) is 0.929. The van der Waals surface area contributed by atoms with Gasteiger partial charge in [0.15, 0.2) is 0 Å². The summed E-state index contributed by atoms with van der Waals surface area (Å²) in [5, 5.41) is 0. The zero-order valence-electron chi connectivity index (χ0n) is 12.8. The number of hydrogen-bond acceptors (Lipinski definition) is 2. The van der Waals surface area contributed by atoms with Gasteiger partial charge >= 0.3 is 0 Å². The van der Waals surface area contributed by atoms with E-state index in [-0.39, 0.29) is 12.0 Å². The van der Waals surface area contributed by atoms with E-state index in [1.807, 2.05) is 0 Å². The second-order valence-corrected chi connectivity index (χ2v) is 11.7. The summed E-state index contributed by atoms with van der Waals surface area (Å²) >= 11 is 0. The van der Waals surface area contributed by atoms with Crippen molar-refractivity contribution in [2.45, 2.75) is 78.1 Å². The molecule has 0 aliphatic carbocycles. The Morgan fingerprint density at radius 2 is 1.18 bits per heavy atom. The van der Waals surface area contributed by atoms with E-state index in [4.69, 9.17) is 4.43 Å².